The molecule has 2 rings (SSSR count). The molecule has 0 spiro atoms. The Hall–Kier alpha value is -2.04. The first-order chi connectivity index (χ1) is 9.72. The van der Waals surface area contributed by atoms with Crippen molar-refractivity contribution in [1.29, 1.82) is 0 Å². The molecule has 1 aromatic carbocycles. The number of carboxylic acids is 1. The average molecular weight is 291 g/mol. The van der Waals surface area contributed by atoms with Gasteiger partial charge in [-0.3, -0.25) is 0 Å². The fourth-order valence-corrected chi connectivity index (χ4v) is 2.24. The summed E-state index contributed by atoms with van der Waals surface area (Å²) in [7, 11) is 0. The van der Waals surface area contributed by atoms with Crippen LogP contribution in [-0.2, 0) is 10.2 Å². The van der Waals surface area contributed by atoms with Crippen LogP contribution in [-0.4, -0.2) is 29.3 Å². The van der Waals surface area contributed by atoms with Crippen LogP contribution in [0.5, 0.6) is 0 Å². The van der Waals surface area contributed by atoms with Gasteiger partial charge in [0.1, 0.15) is 5.60 Å². The normalized spacial score (nSPS) is 16.1. The number of aromatic carboxylic acids is 1. The van der Waals surface area contributed by atoms with Crippen molar-refractivity contribution in [2.24, 2.45) is 0 Å². The van der Waals surface area contributed by atoms with Crippen LogP contribution < -0.4 is 5.32 Å². The number of hydrogen-bond acceptors (Lipinski definition) is 3. The van der Waals surface area contributed by atoms with Crippen LogP contribution in [0.2, 0.25) is 0 Å². The molecule has 5 nitrogen and oxygen atoms in total. The average Bonchev–Trinajstić information content (AvgIpc) is 3.16. The van der Waals surface area contributed by atoms with Crippen LogP contribution in [0.25, 0.3) is 0 Å². The fourth-order valence-electron chi connectivity index (χ4n) is 2.24. The molecule has 0 saturated heterocycles. The van der Waals surface area contributed by atoms with Gasteiger partial charge >= 0.3 is 12.1 Å². The van der Waals surface area contributed by atoms with E-state index in [1.807, 2.05) is 32.9 Å². The van der Waals surface area contributed by atoms with E-state index in [1.54, 1.807) is 12.1 Å². The Kier molecular flexibility index (Phi) is 3.94. The minimum absolute atomic E-state index is 0.0755. The zero-order chi connectivity index (χ0) is 15.7. The number of hydrogen-bond donors (Lipinski definition) is 2. The molecule has 0 atom stereocenters. The van der Waals surface area contributed by atoms with Gasteiger partial charge in [0.05, 0.1) is 5.56 Å². The predicted octanol–water partition coefficient (Wildman–Crippen LogP) is 2.94. The molecule has 0 aliphatic heterocycles. The SMILES string of the molecule is CC(C)(C)OC(=O)NCC1(c2ccc(C(=O)O)cc2)CC1. The van der Waals surface area contributed by atoms with E-state index in [2.05, 4.69) is 5.32 Å². The van der Waals surface area contributed by atoms with Crippen molar-refractivity contribution < 1.29 is 19.4 Å². The van der Waals surface area contributed by atoms with Gasteiger partial charge in [-0.15, -0.1) is 0 Å². The molecule has 1 aliphatic carbocycles. The predicted molar refractivity (Wildman–Crippen MR) is 78.6 cm³/mol. The number of carbonyl (C=O) groups excluding carboxylic acids is 1. The summed E-state index contributed by atoms with van der Waals surface area (Å²) in [5.74, 6) is -0.932. The van der Waals surface area contributed by atoms with Gasteiger partial charge in [0.15, 0.2) is 0 Å². The molecular formula is C16H21NO4. The van der Waals surface area contributed by atoms with Gasteiger partial charge < -0.3 is 15.2 Å². The molecule has 0 radical (unpaired) electrons. The highest BCUT2D eigenvalue weighted by Gasteiger charge is 2.44. The third-order valence-corrected chi connectivity index (χ3v) is 3.57. The van der Waals surface area contributed by atoms with Crippen LogP contribution in [0.3, 0.4) is 0 Å². The van der Waals surface area contributed by atoms with Crippen LogP contribution in [0.4, 0.5) is 4.79 Å². The molecule has 5 heteroatoms. The topological polar surface area (TPSA) is 75.6 Å². The molecule has 1 amide bonds. The lowest BCUT2D eigenvalue weighted by atomic mass is 9.95. The molecule has 0 unspecified atom stereocenters. The first-order valence-electron chi connectivity index (χ1n) is 7.03. The number of benzene rings is 1. The van der Waals surface area contributed by atoms with E-state index in [0.29, 0.717) is 6.54 Å². The lowest BCUT2D eigenvalue weighted by Gasteiger charge is -2.22. The van der Waals surface area contributed by atoms with Gasteiger partial charge in [-0.05, 0) is 51.3 Å². The molecule has 0 bridgehead atoms. The second-order valence-electron chi connectivity index (χ2n) is 6.52. The molecule has 1 aliphatic rings. The molecule has 1 fully saturated rings. The van der Waals surface area contributed by atoms with Crippen LogP contribution >= 0.6 is 0 Å². The zero-order valence-corrected chi connectivity index (χ0v) is 12.6. The highest BCUT2D eigenvalue weighted by molar-refractivity contribution is 5.87. The molecule has 21 heavy (non-hydrogen) atoms. The zero-order valence-electron chi connectivity index (χ0n) is 12.6. The maximum atomic E-state index is 11.7. The van der Waals surface area contributed by atoms with Crippen LogP contribution in [0, 0.1) is 0 Å². The fraction of sp³-hybridized carbons (Fsp3) is 0.500. The van der Waals surface area contributed by atoms with Gasteiger partial charge in [0.2, 0.25) is 0 Å². The van der Waals surface area contributed by atoms with E-state index >= 15 is 0 Å². The summed E-state index contributed by atoms with van der Waals surface area (Å²) in [5, 5.41) is 11.7. The Morgan fingerprint density at radius 2 is 1.81 bits per heavy atom. The van der Waals surface area contributed by atoms with E-state index in [0.717, 1.165) is 18.4 Å². The van der Waals surface area contributed by atoms with E-state index in [-0.39, 0.29) is 11.0 Å². The molecule has 1 saturated carbocycles. The monoisotopic (exact) mass is 291 g/mol. The molecule has 114 valence electrons. The summed E-state index contributed by atoms with van der Waals surface area (Å²) >= 11 is 0. The van der Waals surface area contributed by atoms with Crippen molar-refractivity contribution in [1.82, 2.24) is 5.32 Å². The van der Waals surface area contributed by atoms with Crippen molar-refractivity contribution in [2.75, 3.05) is 6.54 Å². The Bertz CT molecular complexity index is 538. The van der Waals surface area contributed by atoms with Crippen LogP contribution in [0.1, 0.15) is 49.5 Å². The lowest BCUT2D eigenvalue weighted by molar-refractivity contribution is 0.0522. The van der Waals surface area contributed by atoms with E-state index in [9.17, 15) is 9.59 Å². The summed E-state index contributed by atoms with van der Waals surface area (Å²) < 4.78 is 5.22. The summed E-state index contributed by atoms with van der Waals surface area (Å²) in [6.45, 7) is 5.98. The number of amides is 1. The van der Waals surface area contributed by atoms with Gasteiger partial charge in [-0.2, -0.15) is 0 Å². The van der Waals surface area contributed by atoms with Gasteiger partial charge in [-0.25, -0.2) is 9.59 Å². The number of carboxylic acid groups (broad SMARTS) is 1. The summed E-state index contributed by atoms with van der Waals surface area (Å²) in [6, 6.07) is 6.86. The first kappa shape index (κ1) is 15.4. The van der Waals surface area contributed by atoms with Crippen molar-refractivity contribution in [3.05, 3.63) is 35.4 Å². The van der Waals surface area contributed by atoms with Crippen molar-refractivity contribution in [2.45, 2.75) is 44.6 Å². The van der Waals surface area contributed by atoms with E-state index in [4.69, 9.17) is 9.84 Å². The van der Waals surface area contributed by atoms with E-state index < -0.39 is 17.7 Å². The van der Waals surface area contributed by atoms with E-state index in [1.165, 1.54) is 0 Å². The molecule has 2 N–H and O–H groups in total. The first-order valence-corrected chi connectivity index (χ1v) is 7.03. The number of carbonyl (C=O) groups is 2. The minimum Gasteiger partial charge on any atom is -0.478 e. The van der Waals surface area contributed by atoms with Crippen molar-refractivity contribution in [3.8, 4) is 0 Å². The summed E-state index contributed by atoms with van der Waals surface area (Å²) in [4.78, 5) is 22.5. The minimum atomic E-state index is -0.932. The number of nitrogens with one attached hydrogen (secondary N) is 1. The highest BCUT2D eigenvalue weighted by Crippen LogP contribution is 2.47. The summed E-state index contributed by atoms with van der Waals surface area (Å²) in [5.41, 5.74) is 0.746. The number of alkyl carbamates (subject to hydrolysis) is 1. The maximum Gasteiger partial charge on any atom is 0.407 e. The molecular weight excluding hydrogens is 270 g/mol. The third-order valence-electron chi connectivity index (χ3n) is 3.57. The number of rotatable bonds is 4. The molecule has 0 heterocycles. The maximum absolute atomic E-state index is 11.7. The summed E-state index contributed by atoms with van der Waals surface area (Å²) in [6.07, 6.45) is 1.54. The van der Waals surface area contributed by atoms with Gasteiger partial charge in [-0.1, -0.05) is 12.1 Å². The smallest absolute Gasteiger partial charge is 0.407 e. The standard InChI is InChI=1S/C16H21NO4/c1-15(2,3)21-14(20)17-10-16(8-9-16)12-6-4-11(5-7-12)13(18)19/h4-7H,8-10H2,1-3H3,(H,17,20)(H,18,19). The Morgan fingerprint density at radius 1 is 1.24 bits per heavy atom. The lowest BCUT2D eigenvalue weighted by Crippen LogP contribution is -2.37. The van der Waals surface area contributed by atoms with Gasteiger partial charge in [0.25, 0.3) is 0 Å². The Labute approximate surface area is 124 Å². The second kappa shape index (κ2) is 5.39. The second-order valence-corrected chi connectivity index (χ2v) is 6.52. The highest BCUT2D eigenvalue weighted by atomic mass is 16.6. The molecule has 1 aromatic rings. The third kappa shape index (κ3) is 3.97. The van der Waals surface area contributed by atoms with Crippen LogP contribution in [0.15, 0.2) is 24.3 Å². The molecule has 0 aromatic heterocycles. The largest absolute Gasteiger partial charge is 0.478 e. The Balaban J connectivity index is 1.96. The van der Waals surface area contributed by atoms with Gasteiger partial charge in [0, 0.05) is 12.0 Å². The quantitative estimate of drug-likeness (QED) is 0.894. The number of ether oxygens (including phenoxy) is 1. The van der Waals surface area contributed by atoms with Crippen molar-refractivity contribution >= 4 is 12.1 Å². The Morgan fingerprint density at radius 3 is 2.24 bits per heavy atom. The van der Waals surface area contributed by atoms with Crippen molar-refractivity contribution in [3.63, 3.8) is 0 Å².